The second-order valence-corrected chi connectivity index (χ2v) is 7.09. The van der Waals surface area contributed by atoms with E-state index in [2.05, 4.69) is 5.32 Å². The highest BCUT2D eigenvalue weighted by Crippen LogP contribution is 2.26. The molecule has 1 heterocycles. The fourth-order valence-electron chi connectivity index (χ4n) is 2.60. The van der Waals surface area contributed by atoms with Crippen molar-refractivity contribution in [1.29, 1.82) is 0 Å². The number of rotatable bonds is 4. The van der Waals surface area contributed by atoms with Crippen LogP contribution < -0.4 is 5.32 Å². The average molecular weight is 282 g/mol. The van der Waals surface area contributed by atoms with Crippen LogP contribution >= 0.6 is 0 Å². The molecule has 1 aromatic rings. The quantitative estimate of drug-likeness (QED) is 0.916. The van der Waals surface area contributed by atoms with Crippen LogP contribution in [0.1, 0.15) is 29.5 Å². The maximum atomic E-state index is 12.6. The molecule has 19 heavy (non-hydrogen) atoms. The van der Waals surface area contributed by atoms with Crippen molar-refractivity contribution in [3.8, 4) is 0 Å². The maximum Gasteiger partial charge on any atom is 0.243 e. The topological polar surface area (TPSA) is 49.4 Å². The molecule has 1 saturated heterocycles. The molecule has 0 aliphatic carbocycles. The highest BCUT2D eigenvalue weighted by atomic mass is 32.2. The van der Waals surface area contributed by atoms with Crippen LogP contribution in [0.3, 0.4) is 0 Å². The van der Waals surface area contributed by atoms with Gasteiger partial charge in [0, 0.05) is 19.6 Å². The van der Waals surface area contributed by atoms with Crippen LogP contribution in [0, 0.1) is 13.8 Å². The minimum absolute atomic E-state index is 0.463. The maximum absolute atomic E-state index is 12.6. The van der Waals surface area contributed by atoms with Crippen molar-refractivity contribution in [3.05, 3.63) is 28.8 Å². The lowest BCUT2D eigenvalue weighted by Crippen LogP contribution is -2.28. The first kappa shape index (κ1) is 14.5. The Morgan fingerprint density at radius 2 is 1.79 bits per heavy atom. The molecule has 106 valence electrons. The molecule has 4 nitrogen and oxygen atoms in total. The van der Waals surface area contributed by atoms with Gasteiger partial charge in [-0.2, -0.15) is 4.31 Å². The molecule has 0 aromatic heterocycles. The number of hydrogen-bond donors (Lipinski definition) is 1. The van der Waals surface area contributed by atoms with Gasteiger partial charge < -0.3 is 5.32 Å². The zero-order chi connectivity index (χ0) is 14.0. The van der Waals surface area contributed by atoms with E-state index in [-0.39, 0.29) is 0 Å². The number of sulfonamides is 1. The summed E-state index contributed by atoms with van der Waals surface area (Å²) >= 11 is 0. The van der Waals surface area contributed by atoms with Gasteiger partial charge in [0.25, 0.3) is 0 Å². The highest BCUT2D eigenvalue weighted by molar-refractivity contribution is 7.89. The SMILES string of the molecule is CNCc1cc(S(=O)(=O)N2CCCC2)c(C)cc1C. The van der Waals surface area contributed by atoms with Crippen LogP contribution in [0.15, 0.2) is 17.0 Å². The minimum Gasteiger partial charge on any atom is -0.316 e. The predicted molar refractivity (Wildman–Crippen MR) is 76.7 cm³/mol. The second kappa shape index (κ2) is 5.61. The third kappa shape index (κ3) is 2.83. The monoisotopic (exact) mass is 282 g/mol. The molecule has 0 saturated carbocycles. The van der Waals surface area contributed by atoms with Gasteiger partial charge in [-0.15, -0.1) is 0 Å². The highest BCUT2D eigenvalue weighted by Gasteiger charge is 2.28. The number of nitrogens with one attached hydrogen (secondary N) is 1. The Hall–Kier alpha value is -0.910. The normalized spacial score (nSPS) is 17.0. The zero-order valence-corrected chi connectivity index (χ0v) is 12.7. The van der Waals surface area contributed by atoms with Gasteiger partial charge in [-0.3, -0.25) is 0 Å². The van der Waals surface area contributed by atoms with Crippen LogP contribution in [0.4, 0.5) is 0 Å². The Morgan fingerprint density at radius 1 is 1.16 bits per heavy atom. The van der Waals surface area contributed by atoms with Crippen LogP contribution in [-0.4, -0.2) is 32.9 Å². The van der Waals surface area contributed by atoms with Gasteiger partial charge in [0.15, 0.2) is 0 Å². The first-order valence-corrected chi connectivity index (χ1v) is 8.15. The molecular weight excluding hydrogens is 260 g/mol. The van der Waals surface area contributed by atoms with Crippen molar-refractivity contribution >= 4 is 10.0 Å². The Kier molecular flexibility index (Phi) is 4.28. The van der Waals surface area contributed by atoms with E-state index in [4.69, 9.17) is 0 Å². The Labute approximate surface area is 115 Å². The summed E-state index contributed by atoms with van der Waals surface area (Å²) in [6, 6.07) is 3.80. The second-order valence-electron chi connectivity index (χ2n) is 5.19. The van der Waals surface area contributed by atoms with E-state index in [9.17, 15) is 8.42 Å². The van der Waals surface area contributed by atoms with Gasteiger partial charge in [-0.05, 0) is 56.5 Å². The van der Waals surface area contributed by atoms with Gasteiger partial charge in [0.1, 0.15) is 0 Å². The van der Waals surface area contributed by atoms with Gasteiger partial charge in [0.05, 0.1) is 4.90 Å². The fraction of sp³-hybridized carbons (Fsp3) is 0.571. The lowest BCUT2D eigenvalue weighted by Gasteiger charge is -2.19. The zero-order valence-electron chi connectivity index (χ0n) is 11.9. The first-order chi connectivity index (χ1) is 8.96. The van der Waals surface area contributed by atoms with E-state index >= 15 is 0 Å². The number of nitrogens with zero attached hydrogens (tertiary/aromatic N) is 1. The molecule has 0 amide bonds. The third-order valence-electron chi connectivity index (χ3n) is 3.68. The van der Waals surface area contributed by atoms with Crippen molar-refractivity contribution in [2.24, 2.45) is 0 Å². The van der Waals surface area contributed by atoms with E-state index in [1.54, 1.807) is 4.31 Å². The molecule has 0 atom stereocenters. The average Bonchev–Trinajstić information content (AvgIpc) is 2.86. The smallest absolute Gasteiger partial charge is 0.243 e. The summed E-state index contributed by atoms with van der Waals surface area (Å²) in [7, 11) is -1.45. The summed E-state index contributed by atoms with van der Waals surface area (Å²) in [4.78, 5) is 0.463. The van der Waals surface area contributed by atoms with E-state index in [1.807, 2.05) is 33.0 Å². The van der Waals surface area contributed by atoms with E-state index in [0.717, 1.165) is 29.5 Å². The first-order valence-electron chi connectivity index (χ1n) is 6.71. The Bertz CT molecular complexity index is 561. The molecule has 0 unspecified atom stereocenters. The Morgan fingerprint density at radius 3 is 2.37 bits per heavy atom. The summed E-state index contributed by atoms with van der Waals surface area (Å²) in [6.45, 7) is 5.88. The van der Waals surface area contributed by atoms with E-state index in [0.29, 0.717) is 24.5 Å². The summed E-state index contributed by atoms with van der Waals surface area (Å²) in [5.74, 6) is 0. The molecular formula is C14H22N2O2S. The molecule has 1 aliphatic heterocycles. The largest absolute Gasteiger partial charge is 0.316 e. The lowest BCUT2D eigenvalue weighted by molar-refractivity contribution is 0.477. The third-order valence-corrected chi connectivity index (χ3v) is 5.72. The molecule has 1 aliphatic rings. The van der Waals surface area contributed by atoms with Crippen LogP contribution in [0.2, 0.25) is 0 Å². The van der Waals surface area contributed by atoms with Crippen molar-refractivity contribution in [1.82, 2.24) is 9.62 Å². The molecule has 5 heteroatoms. The van der Waals surface area contributed by atoms with Crippen molar-refractivity contribution in [2.45, 2.75) is 38.1 Å². The minimum atomic E-state index is -3.32. The molecule has 0 spiro atoms. The van der Waals surface area contributed by atoms with Gasteiger partial charge in [-0.25, -0.2) is 8.42 Å². The van der Waals surface area contributed by atoms with Crippen molar-refractivity contribution < 1.29 is 8.42 Å². The summed E-state index contributed by atoms with van der Waals surface area (Å²) in [5.41, 5.74) is 3.02. The van der Waals surface area contributed by atoms with Crippen LogP contribution in [0.5, 0.6) is 0 Å². The van der Waals surface area contributed by atoms with E-state index < -0.39 is 10.0 Å². The van der Waals surface area contributed by atoms with Crippen molar-refractivity contribution in [3.63, 3.8) is 0 Å². The fourth-order valence-corrected chi connectivity index (χ4v) is 4.37. The van der Waals surface area contributed by atoms with Crippen molar-refractivity contribution in [2.75, 3.05) is 20.1 Å². The molecule has 0 radical (unpaired) electrons. The Balaban J connectivity index is 2.46. The molecule has 1 N–H and O–H groups in total. The standard InChI is InChI=1S/C14H22N2O2S/c1-11-8-12(2)14(9-13(11)10-15-3)19(17,18)16-6-4-5-7-16/h8-9,15H,4-7,10H2,1-3H3. The lowest BCUT2D eigenvalue weighted by atomic mass is 10.1. The molecule has 0 bridgehead atoms. The molecule has 1 fully saturated rings. The number of hydrogen-bond acceptors (Lipinski definition) is 3. The molecule has 1 aromatic carbocycles. The van der Waals surface area contributed by atoms with Gasteiger partial charge >= 0.3 is 0 Å². The molecule has 2 rings (SSSR count). The number of aryl methyl sites for hydroxylation is 2. The van der Waals surface area contributed by atoms with Gasteiger partial charge in [0.2, 0.25) is 10.0 Å². The summed E-state index contributed by atoms with van der Waals surface area (Å²) in [5, 5.41) is 3.08. The van der Waals surface area contributed by atoms with Crippen LogP contribution in [-0.2, 0) is 16.6 Å². The van der Waals surface area contributed by atoms with Gasteiger partial charge in [-0.1, -0.05) is 6.07 Å². The van der Waals surface area contributed by atoms with E-state index in [1.165, 1.54) is 0 Å². The summed E-state index contributed by atoms with van der Waals surface area (Å²) in [6.07, 6.45) is 1.93. The van der Waals surface area contributed by atoms with Crippen LogP contribution in [0.25, 0.3) is 0 Å². The number of benzene rings is 1. The summed E-state index contributed by atoms with van der Waals surface area (Å²) < 4.78 is 26.9. The predicted octanol–water partition coefficient (Wildman–Crippen LogP) is 1.81.